The molecule has 25 heavy (non-hydrogen) atoms. The van der Waals surface area contributed by atoms with Crippen molar-refractivity contribution in [1.29, 1.82) is 0 Å². The quantitative estimate of drug-likeness (QED) is 0.684. The first-order valence-electron chi connectivity index (χ1n) is 8.31. The van der Waals surface area contributed by atoms with Gasteiger partial charge in [0, 0.05) is 36.1 Å². The van der Waals surface area contributed by atoms with Crippen molar-refractivity contribution >= 4 is 17.5 Å². The molecule has 6 heteroatoms. The number of amides is 2. The van der Waals surface area contributed by atoms with Crippen LogP contribution in [0.1, 0.15) is 29.9 Å². The lowest BCUT2D eigenvalue weighted by Gasteiger charge is -2.19. The maximum atomic E-state index is 12.2. The van der Waals surface area contributed by atoms with Crippen LogP contribution in [0.25, 0.3) is 0 Å². The molecule has 1 heterocycles. The van der Waals surface area contributed by atoms with E-state index >= 15 is 0 Å². The van der Waals surface area contributed by atoms with Crippen molar-refractivity contribution in [2.24, 2.45) is 11.7 Å². The Balaban J connectivity index is 1.88. The summed E-state index contributed by atoms with van der Waals surface area (Å²) in [6.45, 7) is 4.42. The maximum Gasteiger partial charge on any atom is 0.251 e. The minimum Gasteiger partial charge on any atom is -0.385 e. The van der Waals surface area contributed by atoms with E-state index in [9.17, 15) is 9.59 Å². The van der Waals surface area contributed by atoms with Gasteiger partial charge in [0.05, 0.1) is 0 Å². The third-order valence-electron chi connectivity index (χ3n) is 3.84. The molecule has 4 N–H and O–H groups in total. The monoisotopic (exact) mass is 340 g/mol. The molecular weight excluding hydrogens is 316 g/mol. The highest BCUT2D eigenvalue weighted by molar-refractivity contribution is 5.97. The van der Waals surface area contributed by atoms with E-state index in [0.29, 0.717) is 5.56 Å². The minimum atomic E-state index is -0.677. The summed E-state index contributed by atoms with van der Waals surface area (Å²) < 4.78 is 0. The third kappa shape index (κ3) is 5.60. The van der Waals surface area contributed by atoms with Gasteiger partial charge in [-0.15, -0.1) is 0 Å². The number of primary amides is 1. The number of benzene rings is 1. The molecule has 132 valence electrons. The maximum absolute atomic E-state index is 12.2. The van der Waals surface area contributed by atoms with Gasteiger partial charge in [-0.3, -0.25) is 14.6 Å². The van der Waals surface area contributed by atoms with Gasteiger partial charge in [-0.1, -0.05) is 19.9 Å². The first-order valence-corrected chi connectivity index (χ1v) is 8.31. The van der Waals surface area contributed by atoms with Crippen LogP contribution in [-0.2, 0) is 11.2 Å². The number of rotatable bonds is 8. The van der Waals surface area contributed by atoms with Crippen LogP contribution in [-0.4, -0.2) is 29.4 Å². The van der Waals surface area contributed by atoms with Gasteiger partial charge in [-0.05, 0) is 42.3 Å². The fourth-order valence-corrected chi connectivity index (χ4v) is 2.41. The zero-order chi connectivity index (χ0) is 18.2. The smallest absolute Gasteiger partial charge is 0.251 e. The molecule has 0 spiro atoms. The van der Waals surface area contributed by atoms with Crippen molar-refractivity contribution in [2.45, 2.75) is 26.3 Å². The first kappa shape index (κ1) is 18.4. The summed E-state index contributed by atoms with van der Waals surface area (Å²) in [5.41, 5.74) is 7.75. The minimum absolute atomic E-state index is 0.0611. The lowest BCUT2D eigenvalue weighted by Crippen LogP contribution is -2.47. The summed E-state index contributed by atoms with van der Waals surface area (Å²) in [6.07, 6.45) is 2.59. The van der Waals surface area contributed by atoms with Crippen molar-refractivity contribution in [3.8, 4) is 0 Å². The molecule has 1 unspecified atom stereocenters. The van der Waals surface area contributed by atoms with Gasteiger partial charge in [-0.25, -0.2) is 0 Å². The number of carbonyl (C=O) groups is 2. The number of aromatic nitrogens is 1. The average Bonchev–Trinajstić information content (AvgIpc) is 2.60. The number of nitrogens with zero attached hydrogens (tertiary/aromatic N) is 1. The molecule has 0 saturated carbocycles. The van der Waals surface area contributed by atoms with Gasteiger partial charge in [0.25, 0.3) is 5.91 Å². The van der Waals surface area contributed by atoms with Gasteiger partial charge >= 0.3 is 0 Å². The second kappa shape index (κ2) is 8.82. The summed E-state index contributed by atoms with van der Waals surface area (Å²) in [5, 5.41) is 5.96. The molecule has 0 radical (unpaired) electrons. The second-order valence-corrected chi connectivity index (χ2v) is 6.17. The van der Waals surface area contributed by atoms with E-state index in [-0.39, 0.29) is 11.8 Å². The Kier molecular flexibility index (Phi) is 6.51. The SMILES string of the molecule is CC(C)C(NC(=O)c1ccc(NCCc2ccccn2)cc1)C(N)=O. The molecule has 1 aromatic carbocycles. The molecular formula is C19H24N4O2. The van der Waals surface area contributed by atoms with Crippen LogP contribution >= 0.6 is 0 Å². The number of nitrogens with one attached hydrogen (secondary N) is 2. The Labute approximate surface area is 147 Å². The molecule has 2 rings (SSSR count). The molecule has 0 aliphatic rings. The number of hydrogen-bond acceptors (Lipinski definition) is 4. The zero-order valence-corrected chi connectivity index (χ0v) is 14.5. The summed E-state index contributed by atoms with van der Waals surface area (Å²) in [7, 11) is 0. The Morgan fingerprint density at radius 1 is 1.12 bits per heavy atom. The fraction of sp³-hybridized carbons (Fsp3) is 0.316. The van der Waals surface area contributed by atoms with Crippen LogP contribution < -0.4 is 16.4 Å². The highest BCUT2D eigenvalue weighted by Crippen LogP contribution is 2.11. The fourth-order valence-electron chi connectivity index (χ4n) is 2.41. The molecule has 6 nitrogen and oxygen atoms in total. The van der Waals surface area contributed by atoms with E-state index < -0.39 is 11.9 Å². The predicted molar refractivity (Wildman–Crippen MR) is 98.2 cm³/mol. The third-order valence-corrected chi connectivity index (χ3v) is 3.84. The first-order chi connectivity index (χ1) is 12.0. The molecule has 0 aliphatic carbocycles. The number of nitrogens with two attached hydrogens (primary N) is 1. The lowest BCUT2D eigenvalue weighted by molar-refractivity contribution is -0.120. The van der Waals surface area contributed by atoms with E-state index in [1.54, 1.807) is 18.3 Å². The second-order valence-electron chi connectivity index (χ2n) is 6.17. The summed E-state index contributed by atoms with van der Waals surface area (Å²) in [4.78, 5) is 27.9. The normalized spacial score (nSPS) is 11.8. The molecule has 1 atom stereocenters. The molecule has 0 saturated heterocycles. The van der Waals surface area contributed by atoms with Gasteiger partial charge in [0.1, 0.15) is 6.04 Å². The Morgan fingerprint density at radius 3 is 2.40 bits per heavy atom. The molecule has 0 aliphatic heterocycles. The number of hydrogen-bond donors (Lipinski definition) is 3. The van der Waals surface area contributed by atoms with Crippen LogP contribution in [0.3, 0.4) is 0 Å². The largest absolute Gasteiger partial charge is 0.385 e. The van der Waals surface area contributed by atoms with Crippen molar-refractivity contribution in [3.63, 3.8) is 0 Å². The molecule has 2 amide bonds. The van der Waals surface area contributed by atoms with Crippen LogP contribution in [0, 0.1) is 5.92 Å². The Morgan fingerprint density at radius 2 is 1.84 bits per heavy atom. The highest BCUT2D eigenvalue weighted by atomic mass is 16.2. The topological polar surface area (TPSA) is 97.1 Å². The van der Waals surface area contributed by atoms with E-state index in [0.717, 1.165) is 24.3 Å². The van der Waals surface area contributed by atoms with Crippen LogP contribution in [0.2, 0.25) is 0 Å². The predicted octanol–water partition coefficient (Wildman–Crippen LogP) is 1.98. The Hall–Kier alpha value is -2.89. The van der Waals surface area contributed by atoms with Crippen molar-refractivity contribution in [3.05, 3.63) is 59.9 Å². The van der Waals surface area contributed by atoms with Gasteiger partial charge in [0.15, 0.2) is 0 Å². The zero-order valence-electron chi connectivity index (χ0n) is 14.5. The molecule has 2 aromatic rings. The lowest BCUT2D eigenvalue weighted by atomic mass is 10.0. The highest BCUT2D eigenvalue weighted by Gasteiger charge is 2.22. The van der Waals surface area contributed by atoms with Crippen molar-refractivity contribution in [2.75, 3.05) is 11.9 Å². The number of anilines is 1. The summed E-state index contributed by atoms with van der Waals surface area (Å²) in [5.74, 6) is -0.900. The molecule has 0 bridgehead atoms. The van der Waals surface area contributed by atoms with Crippen LogP contribution in [0.4, 0.5) is 5.69 Å². The van der Waals surface area contributed by atoms with Crippen molar-refractivity contribution < 1.29 is 9.59 Å². The molecule has 1 aromatic heterocycles. The van der Waals surface area contributed by atoms with Crippen LogP contribution in [0.15, 0.2) is 48.7 Å². The van der Waals surface area contributed by atoms with E-state index in [1.165, 1.54) is 0 Å². The van der Waals surface area contributed by atoms with Crippen molar-refractivity contribution in [1.82, 2.24) is 10.3 Å². The van der Waals surface area contributed by atoms with Gasteiger partial charge in [-0.2, -0.15) is 0 Å². The van der Waals surface area contributed by atoms with Gasteiger partial charge < -0.3 is 16.4 Å². The van der Waals surface area contributed by atoms with E-state index in [1.807, 2.05) is 44.2 Å². The van der Waals surface area contributed by atoms with Crippen LogP contribution in [0.5, 0.6) is 0 Å². The van der Waals surface area contributed by atoms with E-state index in [4.69, 9.17) is 5.73 Å². The molecule has 0 fully saturated rings. The van der Waals surface area contributed by atoms with E-state index in [2.05, 4.69) is 15.6 Å². The average molecular weight is 340 g/mol. The van der Waals surface area contributed by atoms with Gasteiger partial charge in [0.2, 0.25) is 5.91 Å². The standard InChI is InChI=1S/C19H24N4O2/c1-13(2)17(18(20)24)23-19(25)14-6-8-16(9-7-14)22-12-10-15-5-3-4-11-21-15/h3-9,11,13,17,22H,10,12H2,1-2H3,(H2,20,24)(H,23,25). The number of pyridine rings is 1. The summed E-state index contributed by atoms with van der Waals surface area (Å²) >= 11 is 0. The number of carbonyl (C=O) groups excluding carboxylic acids is 2. The Bertz CT molecular complexity index is 699. The summed E-state index contributed by atoms with van der Waals surface area (Å²) in [6, 6.07) is 12.3.